The molecule has 0 radical (unpaired) electrons. The number of hydrogen-bond acceptors (Lipinski definition) is 3. The average Bonchev–Trinajstić information content (AvgIpc) is 2.52. The van der Waals surface area contributed by atoms with Crippen LogP contribution in [0.4, 0.5) is 0 Å². The fourth-order valence-electron chi connectivity index (χ4n) is 3.01. The number of hydrogen-bond donors (Lipinski definition) is 1. The van der Waals surface area contributed by atoms with Crippen LogP contribution in [0.15, 0.2) is 30.3 Å². The lowest BCUT2D eigenvalue weighted by atomic mass is 9.66. The minimum atomic E-state index is -0.891. The zero-order valence-corrected chi connectivity index (χ0v) is 12.3. The first kappa shape index (κ1) is 14.6. The van der Waals surface area contributed by atoms with Gasteiger partial charge in [0.05, 0.1) is 0 Å². The first-order valence-corrected chi connectivity index (χ1v) is 7.78. The van der Waals surface area contributed by atoms with Crippen molar-refractivity contribution in [2.24, 2.45) is 0 Å². The molecule has 1 saturated carbocycles. The molecule has 1 unspecified atom stereocenters. The maximum absolute atomic E-state index is 10.6. The van der Waals surface area contributed by atoms with Crippen LogP contribution in [0, 0.1) is 11.8 Å². The third kappa shape index (κ3) is 3.47. The summed E-state index contributed by atoms with van der Waals surface area (Å²) < 4.78 is 11.1. The van der Waals surface area contributed by atoms with Crippen molar-refractivity contribution in [3.8, 4) is 11.8 Å². The lowest BCUT2D eigenvalue weighted by Crippen LogP contribution is -2.44. The van der Waals surface area contributed by atoms with Gasteiger partial charge in [0.1, 0.15) is 12.2 Å². The van der Waals surface area contributed by atoms with Gasteiger partial charge in [-0.25, -0.2) is 0 Å². The molecule has 3 nitrogen and oxygen atoms in total. The second-order valence-corrected chi connectivity index (χ2v) is 5.84. The van der Waals surface area contributed by atoms with Crippen molar-refractivity contribution < 1.29 is 14.6 Å². The Balaban J connectivity index is 1.53. The van der Waals surface area contributed by atoms with Crippen molar-refractivity contribution in [2.45, 2.75) is 49.9 Å². The van der Waals surface area contributed by atoms with Crippen LogP contribution in [0.3, 0.4) is 0 Å². The van der Waals surface area contributed by atoms with Crippen LogP contribution in [-0.4, -0.2) is 30.2 Å². The zero-order valence-electron chi connectivity index (χ0n) is 12.3. The van der Waals surface area contributed by atoms with E-state index in [0.717, 1.165) is 44.3 Å². The Labute approximate surface area is 126 Å². The molecule has 0 amide bonds. The summed E-state index contributed by atoms with van der Waals surface area (Å²) in [5, 5.41) is 10.6. The smallest absolute Gasteiger partial charge is 0.158 e. The Morgan fingerprint density at radius 3 is 2.76 bits per heavy atom. The summed E-state index contributed by atoms with van der Waals surface area (Å²) in [5.41, 5.74) is 0.273. The highest BCUT2D eigenvalue weighted by Gasteiger charge is 2.44. The highest BCUT2D eigenvalue weighted by Crippen LogP contribution is 2.45. The molecule has 3 heteroatoms. The second-order valence-electron chi connectivity index (χ2n) is 5.84. The van der Waals surface area contributed by atoms with Crippen molar-refractivity contribution in [2.75, 3.05) is 13.2 Å². The molecule has 0 aromatic heterocycles. The molecule has 1 N–H and O–H groups in total. The largest absolute Gasteiger partial charge is 0.377 e. The van der Waals surface area contributed by atoms with Crippen molar-refractivity contribution in [3.05, 3.63) is 35.9 Å². The molecular formula is C18H22O3. The van der Waals surface area contributed by atoms with E-state index in [1.165, 1.54) is 0 Å². The Morgan fingerprint density at radius 1 is 1.24 bits per heavy atom. The van der Waals surface area contributed by atoms with Gasteiger partial charge in [-0.3, -0.25) is 0 Å². The van der Waals surface area contributed by atoms with Crippen LogP contribution >= 0.6 is 0 Å². The van der Waals surface area contributed by atoms with E-state index < -0.39 is 5.60 Å². The topological polar surface area (TPSA) is 38.7 Å². The highest BCUT2D eigenvalue weighted by atomic mass is 16.7. The summed E-state index contributed by atoms with van der Waals surface area (Å²) in [6, 6.07) is 10.1. The van der Waals surface area contributed by atoms with E-state index in [1.807, 2.05) is 18.2 Å². The lowest BCUT2D eigenvalue weighted by Gasteiger charge is -2.42. The monoisotopic (exact) mass is 286 g/mol. The van der Waals surface area contributed by atoms with E-state index in [1.54, 1.807) is 0 Å². The SMILES string of the molecule is O[C@@]1(C#CCOC2CCCCO2)CC[C@H]1c1ccccc1. The summed E-state index contributed by atoms with van der Waals surface area (Å²) >= 11 is 0. The standard InChI is InChI=1S/C18H22O3/c19-18(11-6-14-21-17-9-4-5-13-20-17)12-10-16(18)15-7-2-1-3-8-15/h1-3,7-8,16-17,19H,4-5,9-10,12-14H2/t16-,17?,18-/m0/s1. The summed E-state index contributed by atoms with van der Waals surface area (Å²) in [7, 11) is 0. The molecule has 1 aromatic rings. The number of benzene rings is 1. The molecule has 0 spiro atoms. The van der Waals surface area contributed by atoms with E-state index in [9.17, 15) is 5.11 Å². The highest BCUT2D eigenvalue weighted by molar-refractivity contribution is 5.33. The molecule has 21 heavy (non-hydrogen) atoms. The first-order valence-electron chi connectivity index (χ1n) is 7.78. The minimum absolute atomic E-state index is 0.117. The van der Waals surface area contributed by atoms with Gasteiger partial charge in [0.15, 0.2) is 6.29 Å². The number of ether oxygens (including phenoxy) is 2. The molecular weight excluding hydrogens is 264 g/mol. The van der Waals surface area contributed by atoms with Crippen molar-refractivity contribution >= 4 is 0 Å². The lowest BCUT2D eigenvalue weighted by molar-refractivity contribution is -0.154. The zero-order chi connectivity index (χ0) is 14.5. The molecule has 1 saturated heterocycles. The molecule has 1 aliphatic carbocycles. The average molecular weight is 286 g/mol. The van der Waals surface area contributed by atoms with Crippen LogP contribution < -0.4 is 0 Å². The summed E-state index contributed by atoms with van der Waals surface area (Å²) in [5.74, 6) is 6.10. The van der Waals surface area contributed by atoms with Gasteiger partial charge < -0.3 is 14.6 Å². The van der Waals surface area contributed by atoms with Crippen molar-refractivity contribution in [3.63, 3.8) is 0 Å². The van der Waals surface area contributed by atoms with Gasteiger partial charge in [-0.2, -0.15) is 0 Å². The van der Waals surface area contributed by atoms with Gasteiger partial charge in [-0.15, -0.1) is 0 Å². The summed E-state index contributed by atoms with van der Waals surface area (Å²) in [6.07, 6.45) is 4.82. The Morgan fingerprint density at radius 2 is 2.10 bits per heavy atom. The van der Waals surface area contributed by atoms with Crippen LogP contribution in [-0.2, 0) is 9.47 Å². The van der Waals surface area contributed by atoms with Crippen LogP contribution in [0.1, 0.15) is 43.6 Å². The van der Waals surface area contributed by atoms with E-state index in [2.05, 4.69) is 24.0 Å². The quantitative estimate of drug-likeness (QED) is 0.868. The molecule has 1 aliphatic heterocycles. The first-order chi connectivity index (χ1) is 10.3. The van der Waals surface area contributed by atoms with Gasteiger partial charge in [0, 0.05) is 12.5 Å². The predicted molar refractivity (Wildman–Crippen MR) is 80.7 cm³/mol. The van der Waals surface area contributed by atoms with Gasteiger partial charge in [0.25, 0.3) is 0 Å². The predicted octanol–water partition coefficient (Wildman–Crippen LogP) is 2.84. The van der Waals surface area contributed by atoms with Crippen LogP contribution in [0.5, 0.6) is 0 Å². The number of rotatable bonds is 3. The third-order valence-corrected chi connectivity index (χ3v) is 4.38. The fraction of sp³-hybridized carbons (Fsp3) is 0.556. The molecule has 3 atom stereocenters. The van der Waals surface area contributed by atoms with E-state index >= 15 is 0 Å². The van der Waals surface area contributed by atoms with Crippen LogP contribution in [0.2, 0.25) is 0 Å². The number of aliphatic hydroxyl groups is 1. The Bertz CT molecular complexity index is 510. The third-order valence-electron chi connectivity index (χ3n) is 4.38. The van der Waals surface area contributed by atoms with Gasteiger partial charge in [-0.1, -0.05) is 42.2 Å². The van der Waals surface area contributed by atoms with E-state index in [0.29, 0.717) is 6.61 Å². The van der Waals surface area contributed by atoms with E-state index in [-0.39, 0.29) is 12.2 Å². The normalized spacial score (nSPS) is 31.9. The van der Waals surface area contributed by atoms with Gasteiger partial charge >= 0.3 is 0 Å². The Hall–Kier alpha value is -1.34. The molecule has 3 rings (SSSR count). The fourth-order valence-corrected chi connectivity index (χ4v) is 3.01. The van der Waals surface area contributed by atoms with E-state index in [4.69, 9.17) is 9.47 Å². The molecule has 2 aliphatic rings. The molecule has 112 valence electrons. The van der Waals surface area contributed by atoms with Crippen molar-refractivity contribution in [1.82, 2.24) is 0 Å². The maximum Gasteiger partial charge on any atom is 0.158 e. The second kappa shape index (κ2) is 6.62. The Kier molecular flexibility index (Phi) is 4.60. The van der Waals surface area contributed by atoms with Crippen molar-refractivity contribution in [1.29, 1.82) is 0 Å². The molecule has 1 heterocycles. The maximum atomic E-state index is 10.6. The van der Waals surface area contributed by atoms with Crippen LogP contribution in [0.25, 0.3) is 0 Å². The molecule has 1 aromatic carbocycles. The molecule has 0 bridgehead atoms. The summed E-state index contributed by atoms with van der Waals surface area (Å²) in [4.78, 5) is 0. The minimum Gasteiger partial charge on any atom is -0.377 e. The van der Waals surface area contributed by atoms with Gasteiger partial charge in [-0.05, 0) is 37.7 Å². The summed E-state index contributed by atoms with van der Waals surface area (Å²) in [6.45, 7) is 1.10. The van der Waals surface area contributed by atoms with Gasteiger partial charge in [0.2, 0.25) is 0 Å². The molecule has 2 fully saturated rings.